The first-order chi connectivity index (χ1) is 9.49. The van der Waals surface area contributed by atoms with Crippen LogP contribution in [-0.4, -0.2) is 36.2 Å². The van der Waals surface area contributed by atoms with E-state index in [2.05, 4.69) is 5.32 Å². The smallest absolute Gasteiger partial charge is 0.282 e. The van der Waals surface area contributed by atoms with Gasteiger partial charge in [-0.05, 0) is 25.5 Å². The molecule has 7 heteroatoms. The van der Waals surface area contributed by atoms with Crippen LogP contribution in [0.1, 0.15) is 23.7 Å². The number of nitrogens with one attached hydrogen (secondary N) is 1. The zero-order chi connectivity index (χ0) is 14.7. The molecular formula is C13H15N3O4. The monoisotopic (exact) mass is 277 g/mol. The Morgan fingerprint density at radius 1 is 1.45 bits per heavy atom. The number of benzene rings is 1. The Kier molecular flexibility index (Phi) is 3.97. The summed E-state index contributed by atoms with van der Waals surface area (Å²) in [7, 11) is 0. The second-order valence-corrected chi connectivity index (χ2v) is 4.64. The SMILES string of the molecule is CC(=O)c1ccc(N2CCCNC(=O)C2)cc1[N+](=O)[O-]. The van der Waals surface area contributed by atoms with Gasteiger partial charge in [0.2, 0.25) is 5.91 Å². The first kappa shape index (κ1) is 14.0. The molecule has 106 valence electrons. The lowest BCUT2D eigenvalue weighted by Gasteiger charge is -2.21. The van der Waals surface area contributed by atoms with Gasteiger partial charge in [-0.3, -0.25) is 19.7 Å². The fourth-order valence-electron chi connectivity index (χ4n) is 2.19. The topological polar surface area (TPSA) is 92.6 Å². The molecule has 0 bridgehead atoms. The summed E-state index contributed by atoms with van der Waals surface area (Å²) < 4.78 is 0. The van der Waals surface area contributed by atoms with Gasteiger partial charge in [0.05, 0.1) is 17.0 Å². The van der Waals surface area contributed by atoms with Crippen molar-refractivity contribution in [3.63, 3.8) is 0 Å². The van der Waals surface area contributed by atoms with E-state index in [9.17, 15) is 19.7 Å². The van der Waals surface area contributed by atoms with Gasteiger partial charge in [-0.25, -0.2) is 0 Å². The molecular weight excluding hydrogens is 262 g/mol. The number of hydrogen-bond donors (Lipinski definition) is 1. The lowest BCUT2D eigenvalue weighted by atomic mass is 10.1. The Bertz CT molecular complexity index is 571. The molecule has 7 nitrogen and oxygen atoms in total. The van der Waals surface area contributed by atoms with Gasteiger partial charge in [0, 0.05) is 24.8 Å². The highest BCUT2D eigenvalue weighted by Gasteiger charge is 2.21. The lowest BCUT2D eigenvalue weighted by molar-refractivity contribution is -0.385. The largest absolute Gasteiger partial charge is 0.362 e. The van der Waals surface area contributed by atoms with E-state index in [0.29, 0.717) is 18.8 Å². The minimum absolute atomic E-state index is 0.0815. The molecule has 0 spiro atoms. The second kappa shape index (κ2) is 5.68. The van der Waals surface area contributed by atoms with E-state index in [4.69, 9.17) is 0 Å². The summed E-state index contributed by atoms with van der Waals surface area (Å²) >= 11 is 0. The number of carbonyl (C=O) groups is 2. The Morgan fingerprint density at radius 3 is 2.85 bits per heavy atom. The van der Waals surface area contributed by atoms with Crippen molar-refractivity contribution in [2.75, 3.05) is 24.5 Å². The van der Waals surface area contributed by atoms with Crippen LogP contribution in [0.25, 0.3) is 0 Å². The first-order valence-corrected chi connectivity index (χ1v) is 6.30. The molecule has 1 N–H and O–H groups in total. The van der Waals surface area contributed by atoms with E-state index in [1.807, 2.05) is 0 Å². The molecule has 1 aromatic carbocycles. The summed E-state index contributed by atoms with van der Waals surface area (Å²) in [6.45, 7) is 2.69. The normalized spacial score (nSPS) is 15.4. The van der Waals surface area contributed by atoms with Crippen LogP contribution in [0.15, 0.2) is 18.2 Å². The third kappa shape index (κ3) is 2.93. The fourth-order valence-corrected chi connectivity index (χ4v) is 2.19. The maximum absolute atomic E-state index is 11.5. The van der Waals surface area contributed by atoms with Gasteiger partial charge in [0.15, 0.2) is 5.78 Å². The van der Waals surface area contributed by atoms with Gasteiger partial charge in [0.25, 0.3) is 5.69 Å². The number of carbonyl (C=O) groups excluding carboxylic acids is 2. The molecule has 0 radical (unpaired) electrons. The van der Waals surface area contributed by atoms with Crippen LogP contribution in [0.4, 0.5) is 11.4 Å². The summed E-state index contributed by atoms with van der Waals surface area (Å²) in [5.41, 5.74) is 0.441. The third-order valence-corrected chi connectivity index (χ3v) is 3.18. The molecule has 1 aliphatic heterocycles. The van der Waals surface area contributed by atoms with Gasteiger partial charge in [-0.2, -0.15) is 0 Å². The molecule has 1 fully saturated rings. The number of nitrogens with zero attached hydrogens (tertiary/aromatic N) is 2. The quantitative estimate of drug-likeness (QED) is 0.508. The van der Waals surface area contributed by atoms with E-state index >= 15 is 0 Å². The Labute approximate surface area is 115 Å². The molecule has 1 aliphatic rings. The van der Waals surface area contributed by atoms with Crippen LogP contribution >= 0.6 is 0 Å². The summed E-state index contributed by atoms with van der Waals surface area (Å²) in [6.07, 6.45) is 0.772. The second-order valence-electron chi connectivity index (χ2n) is 4.64. The molecule has 0 atom stereocenters. The van der Waals surface area contributed by atoms with Crippen molar-refractivity contribution in [2.24, 2.45) is 0 Å². The van der Waals surface area contributed by atoms with Gasteiger partial charge >= 0.3 is 0 Å². The number of amides is 1. The Morgan fingerprint density at radius 2 is 2.20 bits per heavy atom. The molecule has 2 rings (SSSR count). The standard InChI is InChI=1S/C13H15N3O4/c1-9(17)11-4-3-10(7-12(11)16(19)20)15-6-2-5-14-13(18)8-15/h3-4,7H,2,5-6,8H2,1H3,(H,14,18). The van der Waals surface area contributed by atoms with Crippen LogP contribution in [0.3, 0.4) is 0 Å². The van der Waals surface area contributed by atoms with Gasteiger partial charge < -0.3 is 10.2 Å². The number of hydrogen-bond acceptors (Lipinski definition) is 5. The number of ketones is 1. The predicted octanol–water partition coefficient (Wildman–Crippen LogP) is 1.12. The van der Waals surface area contributed by atoms with E-state index in [1.54, 1.807) is 11.0 Å². The van der Waals surface area contributed by atoms with Gasteiger partial charge in [0.1, 0.15) is 0 Å². The third-order valence-electron chi connectivity index (χ3n) is 3.18. The minimum Gasteiger partial charge on any atom is -0.362 e. The van der Waals surface area contributed by atoms with Crippen molar-refractivity contribution in [1.29, 1.82) is 0 Å². The van der Waals surface area contributed by atoms with E-state index < -0.39 is 4.92 Å². The molecule has 20 heavy (non-hydrogen) atoms. The van der Waals surface area contributed by atoms with Crippen molar-refractivity contribution >= 4 is 23.1 Å². The van der Waals surface area contributed by atoms with E-state index in [0.717, 1.165) is 6.42 Å². The van der Waals surface area contributed by atoms with E-state index in [1.165, 1.54) is 19.1 Å². The van der Waals surface area contributed by atoms with Gasteiger partial charge in [-0.1, -0.05) is 0 Å². The van der Waals surface area contributed by atoms with Crippen LogP contribution in [0, 0.1) is 10.1 Å². The Hall–Kier alpha value is -2.44. The van der Waals surface area contributed by atoms with Crippen LogP contribution in [0.2, 0.25) is 0 Å². The Balaban J connectivity index is 2.37. The lowest BCUT2D eigenvalue weighted by Crippen LogP contribution is -2.33. The maximum Gasteiger partial charge on any atom is 0.282 e. The number of anilines is 1. The molecule has 1 aromatic rings. The van der Waals surface area contributed by atoms with Crippen molar-refractivity contribution in [3.05, 3.63) is 33.9 Å². The summed E-state index contributed by atoms with van der Waals surface area (Å²) in [5.74, 6) is -0.461. The van der Waals surface area contributed by atoms with Crippen molar-refractivity contribution in [2.45, 2.75) is 13.3 Å². The number of rotatable bonds is 3. The predicted molar refractivity (Wildman–Crippen MR) is 72.9 cm³/mol. The van der Waals surface area contributed by atoms with E-state index in [-0.39, 0.29) is 29.5 Å². The minimum atomic E-state index is -0.571. The zero-order valence-corrected chi connectivity index (χ0v) is 11.1. The average Bonchev–Trinajstić information content (AvgIpc) is 2.62. The molecule has 1 heterocycles. The van der Waals surface area contributed by atoms with Crippen molar-refractivity contribution < 1.29 is 14.5 Å². The van der Waals surface area contributed by atoms with Crippen LogP contribution in [-0.2, 0) is 4.79 Å². The molecule has 0 aromatic heterocycles. The highest BCUT2D eigenvalue weighted by molar-refractivity contribution is 5.98. The highest BCUT2D eigenvalue weighted by atomic mass is 16.6. The first-order valence-electron chi connectivity index (χ1n) is 6.30. The molecule has 0 saturated carbocycles. The molecule has 1 saturated heterocycles. The molecule has 0 unspecified atom stereocenters. The molecule has 1 amide bonds. The summed E-state index contributed by atoms with van der Waals surface area (Å²) in [4.78, 5) is 35.2. The highest BCUT2D eigenvalue weighted by Crippen LogP contribution is 2.26. The maximum atomic E-state index is 11.5. The summed E-state index contributed by atoms with van der Waals surface area (Å²) in [6, 6.07) is 4.44. The molecule has 0 aliphatic carbocycles. The fraction of sp³-hybridized carbons (Fsp3) is 0.385. The number of nitro groups is 1. The number of Topliss-reactive ketones (excluding diaryl/α,β-unsaturated/α-hetero) is 1. The zero-order valence-electron chi connectivity index (χ0n) is 11.1. The van der Waals surface area contributed by atoms with Crippen molar-refractivity contribution in [3.8, 4) is 0 Å². The van der Waals surface area contributed by atoms with Crippen molar-refractivity contribution in [1.82, 2.24) is 5.32 Å². The average molecular weight is 277 g/mol. The summed E-state index contributed by atoms with van der Waals surface area (Å²) in [5, 5.41) is 13.8. The van der Waals surface area contributed by atoms with Crippen LogP contribution < -0.4 is 10.2 Å². The van der Waals surface area contributed by atoms with Gasteiger partial charge in [-0.15, -0.1) is 0 Å². The van der Waals surface area contributed by atoms with Crippen LogP contribution in [0.5, 0.6) is 0 Å². The number of nitro benzene ring substituents is 1.